The Hall–Kier alpha value is -1.26. The van der Waals surface area contributed by atoms with Crippen LogP contribution in [0.2, 0.25) is 0 Å². The molecule has 0 aliphatic carbocycles. The summed E-state index contributed by atoms with van der Waals surface area (Å²) in [6.45, 7) is 0. The van der Waals surface area contributed by atoms with Crippen molar-refractivity contribution < 1.29 is 18.3 Å². The lowest BCUT2D eigenvalue weighted by atomic mass is 10.2. The SMILES string of the molecule is [O]c1cnccc1C(F)(F)F. The predicted molar refractivity (Wildman–Crippen MR) is 29.4 cm³/mol. The van der Waals surface area contributed by atoms with E-state index in [1.165, 1.54) is 0 Å². The molecule has 0 spiro atoms. The summed E-state index contributed by atoms with van der Waals surface area (Å²) in [5.41, 5.74) is -1.17. The molecule has 1 aromatic rings. The average Bonchev–Trinajstić information content (AvgIpc) is 1.86. The number of alkyl halides is 3. The fourth-order valence-electron chi connectivity index (χ4n) is 0.614. The van der Waals surface area contributed by atoms with Crippen molar-refractivity contribution in [3.05, 3.63) is 24.0 Å². The van der Waals surface area contributed by atoms with Gasteiger partial charge in [-0.05, 0) is 6.07 Å². The molecule has 1 heterocycles. The first-order chi connectivity index (χ1) is 5.02. The van der Waals surface area contributed by atoms with E-state index < -0.39 is 17.5 Å². The smallest absolute Gasteiger partial charge is 0.288 e. The summed E-state index contributed by atoms with van der Waals surface area (Å²) in [5, 5.41) is 10.5. The van der Waals surface area contributed by atoms with Crippen molar-refractivity contribution in [3.63, 3.8) is 0 Å². The molecule has 0 N–H and O–H groups in total. The van der Waals surface area contributed by atoms with Crippen LogP contribution >= 0.6 is 0 Å². The third-order valence-corrected chi connectivity index (χ3v) is 1.09. The Balaban J connectivity index is 3.14. The van der Waals surface area contributed by atoms with Gasteiger partial charge in [-0.25, -0.2) is 0 Å². The summed E-state index contributed by atoms with van der Waals surface area (Å²) >= 11 is 0. The highest BCUT2D eigenvalue weighted by Gasteiger charge is 2.34. The molecule has 0 amide bonds. The van der Waals surface area contributed by atoms with Crippen LogP contribution in [-0.4, -0.2) is 4.98 Å². The Morgan fingerprint density at radius 1 is 1.36 bits per heavy atom. The summed E-state index contributed by atoms with van der Waals surface area (Å²) in [6, 6.07) is 0.655. The van der Waals surface area contributed by atoms with E-state index in [0.717, 1.165) is 6.20 Å². The number of pyridine rings is 1. The molecule has 1 aromatic heterocycles. The van der Waals surface area contributed by atoms with Gasteiger partial charge in [0.1, 0.15) is 5.56 Å². The Kier molecular flexibility index (Phi) is 1.72. The standard InChI is InChI=1S/C6H3F3NO/c7-6(8,9)4-1-2-10-3-5(4)11/h1-3H. The highest BCUT2D eigenvalue weighted by Crippen LogP contribution is 2.34. The van der Waals surface area contributed by atoms with E-state index >= 15 is 0 Å². The molecule has 0 aliphatic heterocycles. The highest BCUT2D eigenvalue weighted by atomic mass is 19.4. The van der Waals surface area contributed by atoms with Gasteiger partial charge >= 0.3 is 6.18 Å². The van der Waals surface area contributed by atoms with Gasteiger partial charge in [0.15, 0.2) is 0 Å². The van der Waals surface area contributed by atoms with Gasteiger partial charge in [0.2, 0.25) is 5.75 Å². The second-order valence-corrected chi connectivity index (χ2v) is 1.87. The van der Waals surface area contributed by atoms with Crippen molar-refractivity contribution in [2.45, 2.75) is 6.18 Å². The largest absolute Gasteiger partial charge is 0.420 e. The van der Waals surface area contributed by atoms with Crippen LogP contribution in [0.4, 0.5) is 13.2 Å². The quantitative estimate of drug-likeness (QED) is 0.575. The maximum atomic E-state index is 11.8. The predicted octanol–water partition coefficient (Wildman–Crippen LogP) is 2.24. The number of nitrogens with zero attached hydrogens (tertiary/aromatic N) is 1. The molecule has 5 heteroatoms. The number of rotatable bonds is 0. The zero-order valence-corrected chi connectivity index (χ0v) is 5.22. The fourth-order valence-corrected chi connectivity index (χ4v) is 0.614. The average molecular weight is 162 g/mol. The van der Waals surface area contributed by atoms with Gasteiger partial charge in [-0.15, -0.1) is 0 Å². The highest BCUT2D eigenvalue weighted by molar-refractivity contribution is 5.30. The van der Waals surface area contributed by atoms with Crippen molar-refractivity contribution in [3.8, 4) is 5.75 Å². The van der Waals surface area contributed by atoms with E-state index in [-0.39, 0.29) is 0 Å². The molecule has 1 radical (unpaired) electrons. The maximum absolute atomic E-state index is 11.8. The van der Waals surface area contributed by atoms with Gasteiger partial charge < -0.3 is 0 Å². The molecule has 59 valence electrons. The third-order valence-electron chi connectivity index (χ3n) is 1.09. The van der Waals surface area contributed by atoms with Crippen molar-refractivity contribution in [2.24, 2.45) is 0 Å². The third kappa shape index (κ3) is 1.60. The summed E-state index contributed by atoms with van der Waals surface area (Å²) in [5.74, 6) is -1.10. The lowest BCUT2D eigenvalue weighted by molar-refractivity contribution is -0.139. The van der Waals surface area contributed by atoms with E-state index in [1.807, 2.05) is 0 Å². The number of hydrogen-bond acceptors (Lipinski definition) is 1. The zero-order valence-electron chi connectivity index (χ0n) is 5.22. The van der Waals surface area contributed by atoms with Crippen molar-refractivity contribution in [2.75, 3.05) is 0 Å². The summed E-state index contributed by atoms with van der Waals surface area (Å²) in [6.07, 6.45) is -2.99. The molecule has 0 atom stereocenters. The molecule has 0 saturated heterocycles. The lowest BCUT2D eigenvalue weighted by Gasteiger charge is -2.04. The molecular formula is C6H3F3NO. The summed E-state index contributed by atoms with van der Waals surface area (Å²) in [7, 11) is 0. The van der Waals surface area contributed by atoms with Crippen molar-refractivity contribution >= 4 is 0 Å². The van der Waals surface area contributed by atoms with E-state index in [2.05, 4.69) is 4.98 Å². The molecular weight excluding hydrogens is 159 g/mol. The molecule has 0 aliphatic rings. The van der Waals surface area contributed by atoms with Gasteiger partial charge in [-0.1, -0.05) is 0 Å². The van der Waals surface area contributed by atoms with Crippen LogP contribution in [-0.2, 0) is 11.3 Å². The van der Waals surface area contributed by atoms with Crippen LogP contribution in [0, 0.1) is 0 Å². The minimum atomic E-state index is -4.57. The van der Waals surface area contributed by atoms with Gasteiger partial charge in [-0.3, -0.25) is 10.1 Å². The zero-order chi connectivity index (χ0) is 8.48. The van der Waals surface area contributed by atoms with Crippen LogP contribution in [0.15, 0.2) is 18.5 Å². The molecule has 2 nitrogen and oxygen atoms in total. The molecule has 0 fully saturated rings. The number of hydrogen-bond donors (Lipinski definition) is 0. The first kappa shape index (κ1) is 7.84. The summed E-state index contributed by atoms with van der Waals surface area (Å²) < 4.78 is 35.5. The second kappa shape index (κ2) is 2.41. The second-order valence-electron chi connectivity index (χ2n) is 1.87. The molecule has 11 heavy (non-hydrogen) atoms. The van der Waals surface area contributed by atoms with Crippen LogP contribution in [0.1, 0.15) is 5.56 Å². The van der Waals surface area contributed by atoms with Crippen LogP contribution < -0.4 is 0 Å². The Morgan fingerprint density at radius 3 is 2.36 bits per heavy atom. The number of halogens is 3. The van der Waals surface area contributed by atoms with Gasteiger partial charge in [0, 0.05) is 6.20 Å². The first-order valence-corrected chi connectivity index (χ1v) is 2.70. The summed E-state index contributed by atoms with van der Waals surface area (Å²) in [4.78, 5) is 3.25. The molecule has 1 rings (SSSR count). The van der Waals surface area contributed by atoms with Crippen molar-refractivity contribution in [1.82, 2.24) is 4.98 Å². The van der Waals surface area contributed by atoms with Crippen molar-refractivity contribution in [1.29, 1.82) is 0 Å². The van der Waals surface area contributed by atoms with Crippen LogP contribution in [0.25, 0.3) is 0 Å². The van der Waals surface area contributed by atoms with E-state index in [4.69, 9.17) is 0 Å². The molecule has 0 bridgehead atoms. The maximum Gasteiger partial charge on any atom is 0.420 e. The molecule has 0 unspecified atom stereocenters. The Morgan fingerprint density at radius 2 is 2.00 bits per heavy atom. The minimum absolute atomic E-state index is 0.642. The molecule has 0 saturated carbocycles. The Labute approximate surface area is 60.3 Å². The van der Waals surface area contributed by atoms with E-state index in [1.54, 1.807) is 0 Å². The molecule has 0 aromatic carbocycles. The van der Waals surface area contributed by atoms with Gasteiger partial charge in [0.25, 0.3) is 0 Å². The monoisotopic (exact) mass is 162 g/mol. The van der Waals surface area contributed by atoms with Crippen LogP contribution in [0.5, 0.6) is 5.75 Å². The van der Waals surface area contributed by atoms with E-state index in [0.29, 0.717) is 12.3 Å². The van der Waals surface area contributed by atoms with Crippen LogP contribution in [0.3, 0.4) is 0 Å². The van der Waals surface area contributed by atoms with Gasteiger partial charge in [-0.2, -0.15) is 13.2 Å². The normalized spacial score (nSPS) is 11.5. The van der Waals surface area contributed by atoms with Gasteiger partial charge in [0.05, 0.1) is 6.20 Å². The topological polar surface area (TPSA) is 32.8 Å². The minimum Gasteiger partial charge on any atom is -0.288 e. The van der Waals surface area contributed by atoms with E-state index in [9.17, 15) is 18.3 Å². The lowest BCUT2D eigenvalue weighted by Crippen LogP contribution is -2.04. The Bertz CT molecular complexity index is 258. The fraction of sp³-hybridized carbons (Fsp3) is 0.167. The number of aromatic nitrogens is 1. The first-order valence-electron chi connectivity index (χ1n) is 2.70.